The molecule has 0 atom stereocenters. The van der Waals surface area contributed by atoms with Gasteiger partial charge in [-0.1, -0.05) is 0 Å². The normalized spacial score (nSPS) is 12.2. The molecule has 1 aromatic carbocycles. The van der Waals surface area contributed by atoms with E-state index in [2.05, 4.69) is 14.6 Å². The van der Waals surface area contributed by atoms with Crippen LogP contribution < -0.4 is 5.73 Å². The fourth-order valence-corrected chi connectivity index (χ4v) is 3.49. The van der Waals surface area contributed by atoms with Gasteiger partial charge in [0.15, 0.2) is 5.82 Å². The number of amides is 1. The Bertz CT molecular complexity index is 1260. The molecule has 2 aromatic heterocycles. The van der Waals surface area contributed by atoms with Gasteiger partial charge >= 0.3 is 14.0 Å². The molecule has 1 amide bonds. The third kappa shape index (κ3) is 6.02. The number of phosphoric acid groups is 1. The number of primary amides is 1. The van der Waals surface area contributed by atoms with E-state index >= 15 is 0 Å². The van der Waals surface area contributed by atoms with E-state index in [1.807, 2.05) is 0 Å². The topological polar surface area (TPSA) is 141 Å². The highest BCUT2D eigenvalue weighted by molar-refractivity contribution is 7.46. The van der Waals surface area contributed by atoms with Crippen molar-refractivity contribution in [2.45, 2.75) is 26.1 Å². The van der Waals surface area contributed by atoms with E-state index in [0.29, 0.717) is 11.6 Å². The largest absolute Gasteiger partial charge is 0.469 e. The van der Waals surface area contributed by atoms with Crippen molar-refractivity contribution in [3.8, 4) is 5.82 Å². The molecule has 0 fully saturated rings. The van der Waals surface area contributed by atoms with Crippen LogP contribution in [0.15, 0.2) is 36.5 Å². The Labute approximate surface area is 184 Å². The van der Waals surface area contributed by atoms with Gasteiger partial charge < -0.3 is 15.5 Å². The maximum absolute atomic E-state index is 13.7. The predicted octanol–water partition coefficient (Wildman–Crippen LogP) is 3.03. The second-order valence-electron chi connectivity index (χ2n) is 6.99. The van der Waals surface area contributed by atoms with E-state index in [4.69, 9.17) is 15.5 Å². The van der Waals surface area contributed by atoms with Crippen LogP contribution in [0.1, 0.15) is 38.4 Å². The van der Waals surface area contributed by atoms with Crippen molar-refractivity contribution in [1.82, 2.24) is 14.8 Å². The number of benzene rings is 1. The van der Waals surface area contributed by atoms with Crippen LogP contribution >= 0.6 is 7.82 Å². The highest BCUT2D eigenvalue weighted by Gasteiger charge is 2.31. The first-order valence-corrected chi connectivity index (χ1v) is 10.7. The van der Waals surface area contributed by atoms with Crippen LogP contribution in [-0.2, 0) is 28.3 Å². The highest BCUT2D eigenvalue weighted by Crippen LogP contribution is 2.37. The van der Waals surface area contributed by atoms with Crippen molar-refractivity contribution >= 4 is 13.7 Å². The standard InChI is InChI=1S/C19H17F4N4O5P/c1-10-17(18(24)28)15(9-32-33(29,30)31)27(26-10)16-7-11(2-3-25-16)4-12-5-13(19(21,22)23)8-14(20)6-12/h2-3,5-8H,4,9H2,1H3,(H2,24,28)(H2,29,30,31). The second-order valence-corrected chi connectivity index (χ2v) is 8.23. The SMILES string of the molecule is Cc1nn(-c2cc(Cc3cc(F)cc(C(F)(F)F)c3)ccn2)c(COP(=O)(O)O)c1C(N)=O. The molecule has 0 saturated heterocycles. The molecule has 0 aliphatic carbocycles. The molecule has 3 rings (SSSR count). The third-order valence-corrected chi connectivity index (χ3v) is 4.96. The summed E-state index contributed by atoms with van der Waals surface area (Å²) in [5, 5.41) is 4.12. The third-order valence-electron chi connectivity index (χ3n) is 4.49. The molecule has 0 bridgehead atoms. The van der Waals surface area contributed by atoms with Gasteiger partial charge in [0.2, 0.25) is 0 Å². The number of hydrogen-bond donors (Lipinski definition) is 3. The Morgan fingerprint density at radius 3 is 2.52 bits per heavy atom. The number of halogens is 4. The quantitative estimate of drug-likeness (QED) is 0.343. The number of phosphoric ester groups is 1. The van der Waals surface area contributed by atoms with E-state index in [9.17, 15) is 26.9 Å². The van der Waals surface area contributed by atoms with Gasteiger partial charge in [-0.15, -0.1) is 0 Å². The summed E-state index contributed by atoms with van der Waals surface area (Å²) >= 11 is 0. The van der Waals surface area contributed by atoms with E-state index in [1.165, 1.54) is 25.3 Å². The van der Waals surface area contributed by atoms with Crippen molar-refractivity contribution in [2.24, 2.45) is 5.73 Å². The second kappa shape index (κ2) is 9.02. The summed E-state index contributed by atoms with van der Waals surface area (Å²) in [6, 6.07) is 5.09. The average Bonchev–Trinajstić information content (AvgIpc) is 3.01. The molecule has 14 heteroatoms. The Hall–Kier alpha value is -3.12. The molecular formula is C19H17F4N4O5P. The zero-order chi connectivity index (χ0) is 24.6. The molecule has 0 aliphatic rings. The van der Waals surface area contributed by atoms with Crippen molar-refractivity contribution in [2.75, 3.05) is 0 Å². The minimum Gasteiger partial charge on any atom is -0.365 e. The minimum absolute atomic E-state index is 0.0546. The number of carbonyl (C=O) groups excluding carboxylic acids is 1. The molecule has 176 valence electrons. The summed E-state index contributed by atoms with van der Waals surface area (Å²) in [5.41, 5.74) is 4.63. The number of nitrogens with two attached hydrogens (primary N) is 1. The molecule has 33 heavy (non-hydrogen) atoms. The fraction of sp³-hybridized carbons (Fsp3) is 0.211. The van der Waals surface area contributed by atoms with Crippen LogP contribution in [0.25, 0.3) is 5.82 Å². The lowest BCUT2D eigenvalue weighted by Crippen LogP contribution is -2.16. The number of alkyl halides is 3. The van der Waals surface area contributed by atoms with Gasteiger partial charge in [-0.2, -0.15) is 18.3 Å². The van der Waals surface area contributed by atoms with Crippen LogP contribution in [0, 0.1) is 12.7 Å². The van der Waals surface area contributed by atoms with Gasteiger partial charge in [0.25, 0.3) is 5.91 Å². The van der Waals surface area contributed by atoms with Gasteiger partial charge in [-0.05, 0) is 54.8 Å². The molecular weight excluding hydrogens is 471 g/mol. The van der Waals surface area contributed by atoms with Gasteiger partial charge in [-0.25, -0.2) is 18.6 Å². The molecule has 4 N–H and O–H groups in total. The summed E-state index contributed by atoms with van der Waals surface area (Å²) < 4.78 is 69.4. The first-order chi connectivity index (χ1) is 15.2. The molecule has 0 aliphatic heterocycles. The molecule has 0 unspecified atom stereocenters. The summed E-state index contributed by atoms with van der Waals surface area (Å²) in [6.07, 6.45) is -3.50. The number of hydrogen-bond acceptors (Lipinski definition) is 5. The number of pyridine rings is 1. The van der Waals surface area contributed by atoms with Crippen LogP contribution in [0.2, 0.25) is 0 Å². The van der Waals surface area contributed by atoms with Crippen LogP contribution in [-0.4, -0.2) is 30.5 Å². The van der Waals surface area contributed by atoms with E-state index in [-0.39, 0.29) is 34.8 Å². The molecule has 0 saturated carbocycles. The monoisotopic (exact) mass is 488 g/mol. The maximum atomic E-state index is 13.7. The molecule has 0 spiro atoms. The number of carbonyl (C=O) groups is 1. The zero-order valence-electron chi connectivity index (χ0n) is 16.9. The lowest BCUT2D eigenvalue weighted by atomic mass is 10.0. The van der Waals surface area contributed by atoms with Crippen molar-refractivity contribution < 1.29 is 41.2 Å². The Kier molecular flexibility index (Phi) is 6.70. The summed E-state index contributed by atoms with van der Waals surface area (Å²) in [5.74, 6) is -1.89. The van der Waals surface area contributed by atoms with Crippen molar-refractivity contribution in [1.29, 1.82) is 0 Å². The predicted molar refractivity (Wildman–Crippen MR) is 106 cm³/mol. The minimum atomic E-state index is -4.90. The Morgan fingerprint density at radius 1 is 1.21 bits per heavy atom. The van der Waals surface area contributed by atoms with Crippen molar-refractivity contribution in [3.05, 3.63) is 76.0 Å². The lowest BCUT2D eigenvalue weighted by Gasteiger charge is -2.12. The summed E-state index contributed by atoms with van der Waals surface area (Å²) in [4.78, 5) is 33.9. The van der Waals surface area contributed by atoms with Gasteiger partial charge in [0, 0.05) is 6.20 Å². The number of rotatable bonds is 7. The number of aryl methyl sites for hydroxylation is 1. The van der Waals surface area contributed by atoms with Crippen LogP contribution in [0.5, 0.6) is 0 Å². The molecule has 3 aromatic rings. The lowest BCUT2D eigenvalue weighted by molar-refractivity contribution is -0.137. The van der Waals surface area contributed by atoms with Crippen LogP contribution in [0.3, 0.4) is 0 Å². The number of nitrogens with zero attached hydrogens (tertiary/aromatic N) is 3. The maximum Gasteiger partial charge on any atom is 0.469 e. The fourth-order valence-electron chi connectivity index (χ4n) is 3.20. The molecule has 0 radical (unpaired) electrons. The smallest absolute Gasteiger partial charge is 0.365 e. The first-order valence-electron chi connectivity index (χ1n) is 9.15. The van der Waals surface area contributed by atoms with Crippen molar-refractivity contribution in [3.63, 3.8) is 0 Å². The van der Waals surface area contributed by atoms with E-state index in [1.54, 1.807) is 0 Å². The zero-order valence-corrected chi connectivity index (χ0v) is 17.8. The van der Waals surface area contributed by atoms with E-state index in [0.717, 1.165) is 16.8 Å². The summed E-state index contributed by atoms with van der Waals surface area (Å²) in [7, 11) is -4.90. The van der Waals surface area contributed by atoms with E-state index < -0.39 is 37.9 Å². The van der Waals surface area contributed by atoms with Gasteiger partial charge in [0.1, 0.15) is 12.4 Å². The highest BCUT2D eigenvalue weighted by atomic mass is 31.2. The average molecular weight is 488 g/mol. The number of aromatic nitrogens is 3. The van der Waals surface area contributed by atoms with Gasteiger partial charge in [0.05, 0.1) is 22.5 Å². The first kappa shape index (κ1) is 24.5. The van der Waals surface area contributed by atoms with Crippen LogP contribution in [0.4, 0.5) is 17.6 Å². The summed E-state index contributed by atoms with van der Waals surface area (Å²) in [6.45, 7) is 0.709. The molecule has 9 nitrogen and oxygen atoms in total. The Balaban J connectivity index is 2.01. The molecule has 2 heterocycles. The van der Waals surface area contributed by atoms with Gasteiger partial charge in [-0.3, -0.25) is 9.32 Å². The Morgan fingerprint density at radius 2 is 1.91 bits per heavy atom.